The molecule has 1 unspecified atom stereocenters. The fourth-order valence-electron chi connectivity index (χ4n) is 2.74. The molecule has 2 aliphatic heterocycles. The Bertz CT molecular complexity index is 280. The first-order chi connectivity index (χ1) is 7.77. The molecule has 2 heteroatoms. The van der Waals surface area contributed by atoms with Gasteiger partial charge in [-0.05, 0) is 45.4 Å². The van der Waals surface area contributed by atoms with Gasteiger partial charge in [-0.25, -0.2) is 0 Å². The van der Waals surface area contributed by atoms with Gasteiger partial charge in [0.05, 0.1) is 0 Å². The van der Waals surface area contributed by atoms with Crippen molar-refractivity contribution in [2.45, 2.75) is 38.1 Å². The van der Waals surface area contributed by atoms with Crippen LogP contribution in [0.2, 0.25) is 0 Å². The van der Waals surface area contributed by atoms with Crippen molar-refractivity contribution in [1.29, 1.82) is 0 Å². The average Bonchev–Trinajstić information content (AvgIpc) is 2.30. The predicted molar refractivity (Wildman–Crippen MR) is 69.4 cm³/mol. The Morgan fingerprint density at radius 2 is 2.19 bits per heavy atom. The SMILES string of the molecule is CN1CC=CC=C1CCC1CCCCN1C. The van der Waals surface area contributed by atoms with Crippen LogP contribution in [0.25, 0.3) is 0 Å². The van der Waals surface area contributed by atoms with E-state index < -0.39 is 0 Å². The van der Waals surface area contributed by atoms with Crippen molar-refractivity contribution in [3.8, 4) is 0 Å². The summed E-state index contributed by atoms with van der Waals surface area (Å²) in [6.45, 7) is 2.37. The number of hydrogen-bond acceptors (Lipinski definition) is 2. The second-order valence-electron chi connectivity index (χ2n) is 5.14. The molecule has 0 radical (unpaired) electrons. The van der Waals surface area contributed by atoms with Gasteiger partial charge in [0.2, 0.25) is 0 Å². The van der Waals surface area contributed by atoms with Crippen LogP contribution in [0.15, 0.2) is 23.9 Å². The second-order valence-corrected chi connectivity index (χ2v) is 5.14. The van der Waals surface area contributed by atoms with Crippen LogP contribution in [-0.2, 0) is 0 Å². The van der Waals surface area contributed by atoms with Crippen LogP contribution in [-0.4, -0.2) is 43.0 Å². The van der Waals surface area contributed by atoms with E-state index in [-0.39, 0.29) is 0 Å². The summed E-state index contributed by atoms with van der Waals surface area (Å²) in [7, 11) is 4.47. The first-order valence-electron chi connectivity index (χ1n) is 6.54. The Labute approximate surface area is 99.6 Å². The number of likely N-dealkylation sites (tertiary alicyclic amines) is 1. The lowest BCUT2D eigenvalue weighted by Gasteiger charge is -2.33. The van der Waals surface area contributed by atoms with Gasteiger partial charge in [0.1, 0.15) is 0 Å². The summed E-state index contributed by atoms with van der Waals surface area (Å²) in [5.74, 6) is 0. The molecule has 0 N–H and O–H groups in total. The van der Waals surface area contributed by atoms with Gasteiger partial charge in [0.15, 0.2) is 0 Å². The highest BCUT2D eigenvalue weighted by Gasteiger charge is 2.19. The summed E-state index contributed by atoms with van der Waals surface area (Å²) in [5, 5.41) is 0. The quantitative estimate of drug-likeness (QED) is 0.721. The topological polar surface area (TPSA) is 6.48 Å². The second kappa shape index (κ2) is 5.53. The summed E-state index contributed by atoms with van der Waals surface area (Å²) in [4.78, 5) is 4.91. The molecule has 0 saturated carbocycles. The minimum absolute atomic E-state index is 0.814. The largest absolute Gasteiger partial charge is 0.374 e. The molecule has 0 aromatic heterocycles. The normalized spacial score (nSPS) is 27.0. The fraction of sp³-hybridized carbons (Fsp3) is 0.714. The number of nitrogens with zero attached hydrogens (tertiary/aromatic N) is 2. The predicted octanol–water partition coefficient (Wildman–Crippen LogP) is 2.64. The highest BCUT2D eigenvalue weighted by atomic mass is 15.1. The minimum atomic E-state index is 0.814. The van der Waals surface area contributed by atoms with Crippen molar-refractivity contribution in [2.24, 2.45) is 0 Å². The van der Waals surface area contributed by atoms with Crippen LogP contribution in [0, 0.1) is 0 Å². The Kier molecular flexibility index (Phi) is 4.05. The number of allylic oxidation sites excluding steroid dienone is 3. The monoisotopic (exact) mass is 220 g/mol. The van der Waals surface area contributed by atoms with Crippen molar-refractivity contribution in [1.82, 2.24) is 9.80 Å². The zero-order chi connectivity index (χ0) is 11.4. The van der Waals surface area contributed by atoms with Gasteiger partial charge in [-0.3, -0.25) is 0 Å². The Morgan fingerprint density at radius 1 is 1.31 bits per heavy atom. The Morgan fingerprint density at radius 3 is 2.94 bits per heavy atom. The Hall–Kier alpha value is -0.760. The lowest BCUT2D eigenvalue weighted by atomic mass is 9.97. The summed E-state index contributed by atoms with van der Waals surface area (Å²) in [6, 6.07) is 0.814. The number of hydrogen-bond donors (Lipinski definition) is 0. The van der Waals surface area contributed by atoms with Crippen molar-refractivity contribution < 1.29 is 0 Å². The smallest absolute Gasteiger partial charge is 0.0356 e. The van der Waals surface area contributed by atoms with Gasteiger partial charge in [-0.2, -0.15) is 0 Å². The third kappa shape index (κ3) is 2.88. The Balaban J connectivity index is 1.82. The summed E-state index contributed by atoms with van der Waals surface area (Å²) >= 11 is 0. The lowest BCUT2D eigenvalue weighted by molar-refractivity contribution is 0.174. The summed E-state index contributed by atoms with van der Waals surface area (Å²) in [5.41, 5.74) is 1.50. The number of piperidine rings is 1. The van der Waals surface area contributed by atoms with E-state index >= 15 is 0 Å². The van der Waals surface area contributed by atoms with Gasteiger partial charge >= 0.3 is 0 Å². The van der Waals surface area contributed by atoms with Crippen LogP contribution in [0.3, 0.4) is 0 Å². The third-order valence-corrected chi connectivity index (χ3v) is 3.95. The molecule has 90 valence electrons. The molecule has 16 heavy (non-hydrogen) atoms. The molecule has 1 saturated heterocycles. The molecule has 0 aliphatic carbocycles. The molecule has 2 aliphatic rings. The molecule has 0 bridgehead atoms. The van der Waals surface area contributed by atoms with E-state index in [9.17, 15) is 0 Å². The van der Waals surface area contributed by atoms with Crippen LogP contribution in [0.4, 0.5) is 0 Å². The maximum atomic E-state index is 2.54. The van der Waals surface area contributed by atoms with E-state index in [1.807, 2.05) is 0 Å². The minimum Gasteiger partial charge on any atom is -0.374 e. The summed E-state index contributed by atoms with van der Waals surface area (Å²) in [6.07, 6.45) is 13.4. The molecule has 0 amide bonds. The molecule has 1 fully saturated rings. The number of likely N-dealkylation sites (N-methyl/N-ethyl adjacent to an activating group) is 1. The molecule has 0 aromatic carbocycles. The first-order valence-corrected chi connectivity index (χ1v) is 6.54. The van der Waals surface area contributed by atoms with E-state index in [1.165, 1.54) is 44.3 Å². The average molecular weight is 220 g/mol. The van der Waals surface area contributed by atoms with Crippen molar-refractivity contribution in [3.05, 3.63) is 23.9 Å². The zero-order valence-corrected chi connectivity index (χ0v) is 10.7. The van der Waals surface area contributed by atoms with Crippen molar-refractivity contribution in [2.75, 3.05) is 27.2 Å². The zero-order valence-electron chi connectivity index (χ0n) is 10.7. The van der Waals surface area contributed by atoms with Gasteiger partial charge < -0.3 is 9.80 Å². The highest BCUT2D eigenvalue weighted by molar-refractivity contribution is 5.17. The first kappa shape index (κ1) is 11.7. The molecule has 2 rings (SSSR count). The lowest BCUT2D eigenvalue weighted by Crippen LogP contribution is -2.36. The molecule has 0 aromatic rings. The van der Waals surface area contributed by atoms with E-state index in [0.29, 0.717) is 0 Å². The maximum absolute atomic E-state index is 2.54. The van der Waals surface area contributed by atoms with Crippen LogP contribution in [0.5, 0.6) is 0 Å². The van der Waals surface area contributed by atoms with Gasteiger partial charge in [-0.1, -0.05) is 18.6 Å². The van der Waals surface area contributed by atoms with Crippen LogP contribution in [0.1, 0.15) is 32.1 Å². The molecule has 2 heterocycles. The van der Waals surface area contributed by atoms with E-state index in [4.69, 9.17) is 0 Å². The molecular weight excluding hydrogens is 196 g/mol. The van der Waals surface area contributed by atoms with Crippen molar-refractivity contribution in [3.63, 3.8) is 0 Å². The fourth-order valence-corrected chi connectivity index (χ4v) is 2.74. The van der Waals surface area contributed by atoms with Crippen LogP contribution >= 0.6 is 0 Å². The van der Waals surface area contributed by atoms with Gasteiger partial charge in [-0.15, -0.1) is 0 Å². The molecule has 0 spiro atoms. The molecular formula is C14H24N2. The molecule has 2 nitrogen and oxygen atoms in total. The maximum Gasteiger partial charge on any atom is 0.0356 e. The van der Waals surface area contributed by atoms with Crippen LogP contribution < -0.4 is 0 Å². The van der Waals surface area contributed by atoms with Gasteiger partial charge in [0, 0.05) is 25.3 Å². The van der Waals surface area contributed by atoms with E-state index in [1.54, 1.807) is 0 Å². The standard InChI is InChI=1S/C14H24N2/c1-15-11-5-3-7-13(15)9-10-14-8-4-6-12-16(14)2/h3,5,7,14H,4,6,8-12H2,1-2H3. The third-order valence-electron chi connectivity index (χ3n) is 3.95. The van der Waals surface area contributed by atoms with E-state index in [0.717, 1.165) is 12.6 Å². The highest BCUT2D eigenvalue weighted by Crippen LogP contribution is 2.22. The summed E-state index contributed by atoms with van der Waals surface area (Å²) < 4.78 is 0. The van der Waals surface area contributed by atoms with E-state index in [2.05, 4.69) is 42.1 Å². The number of rotatable bonds is 3. The van der Waals surface area contributed by atoms with Crippen molar-refractivity contribution >= 4 is 0 Å². The molecule has 1 atom stereocenters. The van der Waals surface area contributed by atoms with Gasteiger partial charge in [0.25, 0.3) is 0 Å².